The van der Waals surface area contributed by atoms with Crippen LogP contribution >= 0.6 is 0 Å². The van der Waals surface area contributed by atoms with Crippen LogP contribution in [0.25, 0.3) is 0 Å². The third kappa shape index (κ3) is 7.37. The molecule has 3 aromatic rings. The molecule has 0 bridgehead atoms. The molecule has 3 rings (SSSR count). The second-order valence-electron chi connectivity index (χ2n) is 16.9. The Kier molecular flexibility index (Phi) is 9.14. The van der Waals surface area contributed by atoms with Crippen LogP contribution in [-0.4, -0.2) is 27.1 Å². The molecule has 0 fully saturated rings. The number of phenols is 3. The maximum absolute atomic E-state index is 13.7. The van der Waals surface area contributed by atoms with E-state index in [0.717, 1.165) is 11.1 Å². The molecular weight excluding hydrogens is 564 g/mol. The lowest BCUT2D eigenvalue weighted by Gasteiger charge is -2.31. The Labute approximate surface area is 269 Å². The highest BCUT2D eigenvalue weighted by atomic mass is 16.5. The monoisotopic (exact) mass is 616 g/mol. The van der Waals surface area contributed by atoms with Gasteiger partial charge in [-0.25, -0.2) is 0 Å². The third-order valence-corrected chi connectivity index (χ3v) is 8.37. The fourth-order valence-corrected chi connectivity index (χ4v) is 5.32. The zero-order valence-corrected chi connectivity index (χ0v) is 29.6. The Bertz CT molecular complexity index is 1560. The van der Waals surface area contributed by atoms with Gasteiger partial charge in [0.15, 0.2) is 5.78 Å². The highest BCUT2D eigenvalue weighted by Gasteiger charge is 2.36. The van der Waals surface area contributed by atoms with Crippen molar-refractivity contribution in [3.63, 3.8) is 0 Å². The lowest BCUT2D eigenvalue weighted by atomic mass is 9.74. The Morgan fingerprint density at radius 3 is 1.29 bits per heavy atom. The Morgan fingerprint density at radius 1 is 0.556 bits per heavy atom. The molecule has 0 amide bonds. The van der Waals surface area contributed by atoms with E-state index in [1.165, 1.54) is 18.2 Å². The predicted molar refractivity (Wildman–Crippen MR) is 181 cm³/mol. The standard InChI is InChI=1S/C39H52O6/c1-35(2,3)26-17-22(18-27(32(26)42)36(4,5)6)31(41)25-16-15-24(21-30(25)40)45-34(44)39(13,14)23-19-28(37(7,8)9)33(43)29(20-23)38(10,11)12/h15-21,40,42-43H,1-14H3. The fourth-order valence-electron chi connectivity index (χ4n) is 5.32. The third-order valence-electron chi connectivity index (χ3n) is 8.37. The van der Waals surface area contributed by atoms with Gasteiger partial charge in [-0.15, -0.1) is 0 Å². The van der Waals surface area contributed by atoms with E-state index < -0.39 is 28.0 Å². The lowest BCUT2D eigenvalue weighted by Crippen LogP contribution is -2.34. The van der Waals surface area contributed by atoms with E-state index in [9.17, 15) is 24.9 Å². The Morgan fingerprint density at radius 2 is 0.933 bits per heavy atom. The van der Waals surface area contributed by atoms with Crippen molar-refractivity contribution in [2.45, 2.75) is 124 Å². The number of phenolic OH excluding ortho intramolecular Hbond substituents is 3. The summed E-state index contributed by atoms with van der Waals surface area (Å²) < 4.78 is 5.77. The molecule has 6 heteroatoms. The van der Waals surface area contributed by atoms with Crippen molar-refractivity contribution in [1.82, 2.24) is 0 Å². The van der Waals surface area contributed by atoms with Gasteiger partial charge < -0.3 is 20.1 Å². The molecule has 0 saturated carbocycles. The molecule has 0 spiro atoms. The smallest absolute Gasteiger partial charge is 0.321 e. The van der Waals surface area contributed by atoms with Crippen LogP contribution in [0.2, 0.25) is 0 Å². The van der Waals surface area contributed by atoms with Gasteiger partial charge in [-0.05, 0) is 76.5 Å². The van der Waals surface area contributed by atoms with Crippen molar-refractivity contribution < 1.29 is 29.6 Å². The van der Waals surface area contributed by atoms with Gasteiger partial charge in [-0.2, -0.15) is 0 Å². The molecule has 0 aliphatic heterocycles. The molecule has 3 N–H and O–H groups in total. The van der Waals surface area contributed by atoms with Crippen LogP contribution in [0.4, 0.5) is 0 Å². The molecule has 0 saturated heterocycles. The van der Waals surface area contributed by atoms with Gasteiger partial charge in [0.2, 0.25) is 0 Å². The van der Waals surface area contributed by atoms with Crippen LogP contribution < -0.4 is 4.74 Å². The minimum atomic E-state index is -1.10. The summed E-state index contributed by atoms with van der Waals surface area (Å²) in [5.41, 5.74) is 1.19. The maximum Gasteiger partial charge on any atom is 0.321 e. The molecule has 0 atom stereocenters. The first-order valence-electron chi connectivity index (χ1n) is 15.5. The number of hydrogen-bond donors (Lipinski definition) is 3. The van der Waals surface area contributed by atoms with E-state index in [1.807, 2.05) is 95.2 Å². The number of carbonyl (C=O) groups excluding carboxylic acids is 2. The van der Waals surface area contributed by atoms with Crippen LogP contribution in [0.1, 0.15) is 141 Å². The molecule has 0 radical (unpaired) electrons. The summed E-state index contributed by atoms with van der Waals surface area (Å²) in [7, 11) is 0. The number of benzene rings is 3. The van der Waals surface area contributed by atoms with Crippen molar-refractivity contribution in [3.05, 3.63) is 81.4 Å². The van der Waals surface area contributed by atoms with Crippen LogP contribution in [0.15, 0.2) is 42.5 Å². The van der Waals surface area contributed by atoms with Gasteiger partial charge in [-0.1, -0.05) is 95.2 Å². The number of carbonyl (C=O) groups is 2. The molecule has 0 aliphatic carbocycles. The van der Waals surface area contributed by atoms with Crippen molar-refractivity contribution in [2.75, 3.05) is 0 Å². The van der Waals surface area contributed by atoms with E-state index in [2.05, 4.69) is 0 Å². The molecular formula is C39H52O6. The van der Waals surface area contributed by atoms with Gasteiger partial charge in [0.25, 0.3) is 0 Å². The zero-order valence-electron chi connectivity index (χ0n) is 29.6. The highest BCUT2D eigenvalue weighted by Crippen LogP contribution is 2.43. The topological polar surface area (TPSA) is 104 Å². The van der Waals surface area contributed by atoms with Gasteiger partial charge in [0.05, 0.1) is 11.0 Å². The van der Waals surface area contributed by atoms with Crippen LogP contribution in [-0.2, 0) is 31.9 Å². The lowest BCUT2D eigenvalue weighted by molar-refractivity contribution is -0.139. The SMILES string of the molecule is CC(C)(C)c1cc(C(=O)c2ccc(OC(=O)C(C)(C)c3cc(C(C)(C)C)c(O)c(C(C)(C)C)c3)cc2O)cc(C(C)(C)C)c1O. The molecule has 0 unspecified atom stereocenters. The van der Waals surface area contributed by atoms with Gasteiger partial charge in [0, 0.05) is 22.8 Å². The molecule has 6 nitrogen and oxygen atoms in total. The summed E-state index contributed by atoms with van der Waals surface area (Å²) in [6.07, 6.45) is 0. The Balaban J connectivity index is 2.01. The van der Waals surface area contributed by atoms with Crippen LogP contribution in [0.3, 0.4) is 0 Å². The summed E-state index contributed by atoms with van der Waals surface area (Å²) in [4.78, 5) is 27.3. The zero-order chi connectivity index (χ0) is 34.7. The first kappa shape index (κ1) is 35.7. The average molecular weight is 617 g/mol. The first-order valence-corrected chi connectivity index (χ1v) is 15.5. The first-order chi connectivity index (χ1) is 20.2. The summed E-state index contributed by atoms with van der Waals surface area (Å²) in [5.74, 6) is -0.779. The van der Waals surface area contributed by atoms with Gasteiger partial charge in [0.1, 0.15) is 23.0 Å². The Hall–Kier alpha value is -3.80. The van der Waals surface area contributed by atoms with E-state index in [4.69, 9.17) is 4.74 Å². The van der Waals surface area contributed by atoms with Gasteiger partial charge in [-0.3, -0.25) is 9.59 Å². The van der Waals surface area contributed by atoms with E-state index in [-0.39, 0.29) is 39.4 Å². The normalized spacial score (nSPS) is 13.1. The van der Waals surface area contributed by atoms with Crippen molar-refractivity contribution in [2.24, 2.45) is 0 Å². The summed E-state index contributed by atoms with van der Waals surface area (Å²) in [6, 6.07) is 11.3. The van der Waals surface area contributed by atoms with Crippen LogP contribution in [0.5, 0.6) is 23.0 Å². The second kappa shape index (κ2) is 11.5. The molecule has 45 heavy (non-hydrogen) atoms. The number of ether oxygens (including phenoxy) is 1. The molecule has 0 aromatic heterocycles. The molecule has 3 aromatic carbocycles. The number of ketones is 1. The highest BCUT2D eigenvalue weighted by molar-refractivity contribution is 6.11. The predicted octanol–water partition coefficient (Wildman–Crippen LogP) is 9.11. The molecule has 0 heterocycles. The summed E-state index contributed by atoms with van der Waals surface area (Å²) >= 11 is 0. The summed E-state index contributed by atoms with van der Waals surface area (Å²) in [5, 5.41) is 33.2. The van der Waals surface area contributed by atoms with Gasteiger partial charge >= 0.3 is 5.97 Å². The number of esters is 1. The number of rotatable bonds is 5. The molecule has 244 valence electrons. The number of aromatic hydroxyl groups is 3. The summed E-state index contributed by atoms with van der Waals surface area (Å²) in [6.45, 7) is 27.4. The van der Waals surface area contributed by atoms with E-state index in [0.29, 0.717) is 22.3 Å². The second-order valence-corrected chi connectivity index (χ2v) is 16.9. The fraction of sp³-hybridized carbons (Fsp3) is 0.487. The largest absolute Gasteiger partial charge is 0.507 e. The minimum absolute atomic E-state index is 0.0580. The molecule has 0 aliphatic rings. The van der Waals surface area contributed by atoms with Crippen molar-refractivity contribution in [3.8, 4) is 23.0 Å². The maximum atomic E-state index is 13.7. The average Bonchev–Trinajstić information content (AvgIpc) is 2.85. The minimum Gasteiger partial charge on any atom is -0.507 e. The van der Waals surface area contributed by atoms with E-state index in [1.54, 1.807) is 26.0 Å². The quantitative estimate of drug-likeness (QED) is 0.150. The van der Waals surface area contributed by atoms with Crippen molar-refractivity contribution in [1.29, 1.82) is 0 Å². The number of hydrogen-bond acceptors (Lipinski definition) is 6. The van der Waals surface area contributed by atoms with Crippen LogP contribution in [0, 0.1) is 0 Å². The van der Waals surface area contributed by atoms with Crippen molar-refractivity contribution >= 4 is 11.8 Å². The van der Waals surface area contributed by atoms with E-state index >= 15 is 0 Å².